The van der Waals surface area contributed by atoms with Crippen molar-refractivity contribution in [3.05, 3.63) is 47.0 Å². The van der Waals surface area contributed by atoms with E-state index in [1.165, 1.54) is 10.7 Å². The predicted molar refractivity (Wildman–Crippen MR) is 86.2 cm³/mol. The average Bonchev–Trinajstić information content (AvgIpc) is 2.77. The second kappa shape index (κ2) is 7.91. The summed E-state index contributed by atoms with van der Waals surface area (Å²) >= 11 is 0. The molecule has 0 unspecified atom stereocenters. The summed E-state index contributed by atoms with van der Waals surface area (Å²) in [6.07, 6.45) is 0.693. The molecule has 0 aliphatic heterocycles. The molecule has 1 aromatic heterocycles. The van der Waals surface area contributed by atoms with Gasteiger partial charge < -0.3 is 11.1 Å². The molecule has 2 aromatic rings. The zero-order valence-corrected chi connectivity index (χ0v) is 13.4. The van der Waals surface area contributed by atoms with Gasteiger partial charge in [0, 0.05) is 17.8 Å². The molecule has 0 fully saturated rings. The molecule has 0 radical (unpaired) electrons. The number of aromatic nitrogens is 2. The molecule has 7 heteroatoms. The Morgan fingerprint density at radius 2 is 2.09 bits per heavy atom. The third-order valence-corrected chi connectivity index (χ3v) is 3.11. The van der Waals surface area contributed by atoms with Crippen molar-refractivity contribution in [3.8, 4) is 5.69 Å². The zero-order valence-electron chi connectivity index (χ0n) is 12.6. The van der Waals surface area contributed by atoms with Crippen molar-refractivity contribution in [1.29, 1.82) is 0 Å². The van der Waals surface area contributed by atoms with Gasteiger partial charge in [-0.1, -0.05) is 0 Å². The second-order valence-corrected chi connectivity index (χ2v) is 4.90. The highest BCUT2D eigenvalue weighted by Gasteiger charge is 2.12. The van der Waals surface area contributed by atoms with E-state index < -0.39 is 5.82 Å². The van der Waals surface area contributed by atoms with Crippen molar-refractivity contribution in [2.45, 2.75) is 20.3 Å². The van der Waals surface area contributed by atoms with Gasteiger partial charge in [-0.15, -0.1) is 12.4 Å². The molecule has 1 amide bonds. The fourth-order valence-corrected chi connectivity index (χ4v) is 2.10. The van der Waals surface area contributed by atoms with Crippen molar-refractivity contribution in [3.63, 3.8) is 0 Å². The molecule has 1 aromatic carbocycles. The third-order valence-electron chi connectivity index (χ3n) is 3.11. The van der Waals surface area contributed by atoms with Gasteiger partial charge in [-0.2, -0.15) is 5.10 Å². The van der Waals surface area contributed by atoms with E-state index in [0.29, 0.717) is 25.2 Å². The van der Waals surface area contributed by atoms with Crippen LogP contribution >= 0.6 is 12.4 Å². The summed E-state index contributed by atoms with van der Waals surface area (Å²) in [6.45, 7) is 4.69. The van der Waals surface area contributed by atoms with Crippen LogP contribution < -0.4 is 11.1 Å². The van der Waals surface area contributed by atoms with Gasteiger partial charge in [0.2, 0.25) is 0 Å². The Hall–Kier alpha value is -1.92. The van der Waals surface area contributed by atoms with E-state index in [9.17, 15) is 9.18 Å². The molecule has 0 aliphatic rings. The van der Waals surface area contributed by atoms with E-state index in [1.54, 1.807) is 12.1 Å². The molecule has 0 saturated heterocycles. The maximum absolute atomic E-state index is 14.2. The normalized spacial score (nSPS) is 10.2. The monoisotopic (exact) mass is 326 g/mol. The summed E-state index contributed by atoms with van der Waals surface area (Å²) in [7, 11) is 0. The number of carbonyl (C=O) groups is 1. The number of nitrogens with two attached hydrogens (primary N) is 1. The highest BCUT2D eigenvalue weighted by atomic mass is 35.5. The van der Waals surface area contributed by atoms with Crippen molar-refractivity contribution < 1.29 is 9.18 Å². The minimum Gasteiger partial charge on any atom is -0.352 e. The average molecular weight is 327 g/mol. The Balaban J connectivity index is 0.00000242. The molecule has 0 aliphatic carbocycles. The highest BCUT2D eigenvalue weighted by Crippen LogP contribution is 2.17. The van der Waals surface area contributed by atoms with E-state index in [4.69, 9.17) is 5.73 Å². The molecule has 0 saturated carbocycles. The number of benzene rings is 1. The lowest BCUT2D eigenvalue weighted by Crippen LogP contribution is -2.26. The number of nitrogens with zero attached hydrogens (tertiary/aromatic N) is 2. The third kappa shape index (κ3) is 4.05. The van der Waals surface area contributed by atoms with Gasteiger partial charge in [0.1, 0.15) is 11.5 Å². The topological polar surface area (TPSA) is 72.9 Å². The van der Waals surface area contributed by atoms with Crippen LogP contribution in [0, 0.1) is 19.7 Å². The van der Waals surface area contributed by atoms with Gasteiger partial charge >= 0.3 is 0 Å². The van der Waals surface area contributed by atoms with Gasteiger partial charge in [-0.25, -0.2) is 9.07 Å². The van der Waals surface area contributed by atoms with Crippen molar-refractivity contribution in [2.24, 2.45) is 5.73 Å². The fraction of sp³-hybridized carbons (Fsp3) is 0.333. The standard InChI is InChI=1S/C15H19FN4O.ClH/c1-10-8-11(2)20(19-10)14-5-4-12(9-13(14)16)15(21)18-7-3-6-17;/h4-5,8-9H,3,6-7,17H2,1-2H3,(H,18,21);1H. The minimum absolute atomic E-state index is 0. The van der Waals surface area contributed by atoms with Crippen LogP contribution in [0.3, 0.4) is 0 Å². The van der Waals surface area contributed by atoms with Gasteiger partial charge in [-0.05, 0) is 51.1 Å². The Morgan fingerprint density at radius 1 is 1.36 bits per heavy atom. The molecule has 0 atom stereocenters. The first-order valence-corrected chi connectivity index (χ1v) is 6.84. The maximum atomic E-state index is 14.2. The van der Waals surface area contributed by atoms with Crippen molar-refractivity contribution >= 4 is 18.3 Å². The van der Waals surface area contributed by atoms with Crippen LogP contribution in [0.2, 0.25) is 0 Å². The van der Waals surface area contributed by atoms with Crippen LogP contribution in [-0.4, -0.2) is 28.8 Å². The van der Waals surface area contributed by atoms with Crippen LogP contribution in [0.1, 0.15) is 28.2 Å². The molecule has 2 rings (SSSR count). The summed E-state index contributed by atoms with van der Waals surface area (Å²) in [4.78, 5) is 11.8. The molecular formula is C15H20ClFN4O. The van der Waals surface area contributed by atoms with Crippen molar-refractivity contribution in [2.75, 3.05) is 13.1 Å². The summed E-state index contributed by atoms with van der Waals surface area (Å²) in [5.41, 5.74) is 7.63. The first kappa shape index (κ1) is 18.1. The number of nitrogens with one attached hydrogen (secondary N) is 1. The number of hydrogen-bond acceptors (Lipinski definition) is 3. The van der Waals surface area contributed by atoms with Crippen LogP contribution in [-0.2, 0) is 0 Å². The van der Waals surface area contributed by atoms with E-state index in [-0.39, 0.29) is 23.9 Å². The van der Waals surface area contributed by atoms with Gasteiger partial charge in [-0.3, -0.25) is 4.79 Å². The van der Waals surface area contributed by atoms with Gasteiger partial charge in [0.25, 0.3) is 5.91 Å². The van der Waals surface area contributed by atoms with Crippen LogP contribution in [0.15, 0.2) is 24.3 Å². The number of amides is 1. The molecule has 0 bridgehead atoms. The lowest BCUT2D eigenvalue weighted by atomic mass is 10.2. The fourth-order valence-electron chi connectivity index (χ4n) is 2.10. The summed E-state index contributed by atoms with van der Waals surface area (Å²) in [6, 6.07) is 6.25. The largest absolute Gasteiger partial charge is 0.352 e. The zero-order chi connectivity index (χ0) is 15.4. The maximum Gasteiger partial charge on any atom is 0.251 e. The molecule has 0 spiro atoms. The van der Waals surface area contributed by atoms with E-state index in [2.05, 4.69) is 10.4 Å². The smallest absolute Gasteiger partial charge is 0.251 e. The number of hydrogen-bond donors (Lipinski definition) is 2. The summed E-state index contributed by atoms with van der Waals surface area (Å²) in [5, 5.41) is 6.93. The predicted octanol–water partition coefficient (Wildman–Crippen LogP) is 2.13. The molecule has 22 heavy (non-hydrogen) atoms. The quantitative estimate of drug-likeness (QED) is 0.827. The van der Waals surface area contributed by atoms with Crippen LogP contribution in [0.25, 0.3) is 5.69 Å². The number of carbonyl (C=O) groups excluding carboxylic acids is 1. The SMILES string of the molecule is Cc1cc(C)n(-c2ccc(C(=O)NCCCN)cc2F)n1.Cl. The van der Waals surface area contributed by atoms with E-state index in [1.807, 2.05) is 19.9 Å². The lowest BCUT2D eigenvalue weighted by Gasteiger charge is -2.08. The molecular weight excluding hydrogens is 307 g/mol. The number of halogens is 2. The lowest BCUT2D eigenvalue weighted by molar-refractivity contribution is 0.0953. The van der Waals surface area contributed by atoms with Crippen molar-refractivity contribution in [1.82, 2.24) is 15.1 Å². The van der Waals surface area contributed by atoms with Crippen LogP contribution in [0.5, 0.6) is 0 Å². The molecule has 5 nitrogen and oxygen atoms in total. The van der Waals surface area contributed by atoms with E-state index in [0.717, 1.165) is 11.4 Å². The number of aryl methyl sites for hydroxylation is 2. The summed E-state index contributed by atoms with van der Waals surface area (Å²) < 4.78 is 15.7. The van der Waals surface area contributed by atoms with Crippen LogP contribution in [0.4, 0.5) is 4.39 Å². The second-order valence-electron chi connectivity index (χ2n) is 4.90. The highest BCUT2D eigenvalue weighted by molar-refractivity contribution is 5.94. The molecule has 120 valence electrons. The first-order chi connectivity index (χ1) is 10.0. The Bertz CT molecular complexity index is 657. The van der Waals surface area contributed by atoms with Gasteiger partial charge in [0.15, 0.2) is 0 Å². The minimum atomic E-state index is -0.479. The summed E-state index contributed by atoms with van der Waals surface area (Å²) in [5.74, 6) is -0.782. The first-order valence-electron chi connectivity index (χ1n) is 6.84. The number of rotatable bonds is 5. The van der Waals surface area contributed by atoms with Gasteiger partial charge in [0.05, 0.1) is 5.69 Å². The Kier molecular flexibility index (Phi) is 6.52. The molecule has 3 N–H and O–H groups in total. The molecule has 1 heterocycles. The van der Waals surface area contributed by atoms with E-state index >= 15 is 0 Å². The Morgan fingerprint density at radius 3 is 2.64 bits per heavy atom. The Labute approximate surface area is 135 Å².